The molecule has 0 radical (unpaired) electrons. The number of nitrogens with zero attached hydrogens (tertiary/aromatic N) is 3. The summed E-state index contributed by atoms with van der Waals surface area (Å²) in [6, 6.07) is 10.4. The summed E-state index contributed by atoms with van der Waals surface area (Å²) in [7, 11) is -0.972. The third-order valence-corrected chi connectivity index (χ3v) is 6.23. The maximum atomic E-state index is 13.2. The minimum atomic E-state index is -4.13. The number of carbonyl (C=O) groups excluding carboxylic acids is 1. The van der Waals surface area contributed by atoms with Crippen molar-refractivity contribution in [2.24, 2.45) is 19.8 Å². The molecule has 3 aromatic rings. The van der Waals surface area contributed by atoms with E-state index in [-0.39, 0.29) is 16.3 Å². The number of aryl methyl sites for hydroxylation is 2. The molecule has 0 aliphatic rings. The van der Waals surface area contributed by atoms with Gasteiger partial charge in [-0.05, 0) is 36.4 Å². The lowest BCUT2D eigenvalue weighted by atomic mass is 10.3. The molecule has 0 fully saturated rings. The van der Waals surface area contributed by atoms with Gasteiger partial charge >= 0.3 is 5.69 Å². The summed E-state index contributed by atoms with van der Waals surface area (Å²) < 4.78 is 30.1. The van der Waals surface area contributed by atoms with Crippen LogP contribution >= 0.6 is 11.6 Å². The van der Waals surface area contributed by atoms with E-state index in [1.165, 1.54) is 33.4 Å². The number of imidazole rings is 1. The van der Waals surface area contributed by atoms with Crippen LogP contribution in [0.2, 0.25) is 5.02 Å². The quantitative estimate of drug-likeness (QED) is 0.684. The van der Waals surface area contributed by atoms with Gasteiger partial charge in [0.1, 0.15) is 6.54 Å². The molecule has 2 N–H and O–H groups in total. The molecule has 0 aliphatic heterocycles. The number of carbonyl (C=O) groups is 1. The molecule has 27 heavy (non-hydrogen) atoms. The number of halogens is 1. The molecule has 0 spiro atoms. The summed E-state index contributed by atoms with van der Waals surface area (Å²) in [4.78, 5) is 23.5. The zero-order valence-electron chi connectivity index (χ0n) is 14.6. The monoisotopic (exact) mass is 408 g/mol. The number of rotatable bonds is 5. The maximum absolute atomic E-state index is 13.2. The van der Waals surface area contributed by atoms with Gasteiger partial charge in [0.25, 0.3) is 10.0 Å². The van der Waals surface area contributed by atoms with Crippen molar-refractivity contribution in [3.8, 4) is 0 Å². The number of primary amides is 1. The average molecular weight is 409 g/mol. The Labute approximate surface area is 160 Å². The van der Waals surface area contributed by atoms with E-state index in [2.05, 4.69) is 0 Å². The highest BCUT2D eigenvalue weighted by Gasteiger charge is 2.27. The number of sulfonamides is 1. The van der Waals surface area contributed by atoms with Crippen LogP contribution in [-0.2, 0) is 28.9 Å². The summed E-state index contributed by atoms with van der Waals surface area (Å²) in [6.45, 7) is -0.547. The van der Waals surface area contributed by atoms with Gasteiger partial charge in [-0.3, -0.25) is 18.2 Å². The fourth-order valence-corrected chi connectivity index (χ4v) is 4.49. The molecule has 142 valence electrons. The van der Waals surface area contributed by atoms with E-state index >= 15 is 0 Å². The molecule has 0 aliphatic carbocycles. The van der Waals surface area contributed by atoms with E-state index in [1.54, 1.807) is 32.3 Å². The molecule has 8 nitrogen and oxygen atoms in total. The summed E-state index contributed by atoms with van der Waals surface area (Å²) in [6.07, 6.45) is 0. The van der Waals surface area contributed by atoms with Crippen molar-refractivity contribution in [2.75, 3.05) is 10.8 Å². The number of benzene rings is 2. The Bertz CT molecular complexity index is 1210. The van der Waals surface area contributed by atoms with Gasteiger partial charge in [-0.2, -0.15) is 0 Å². The SMILES string of the molecule is Cn1c(=O)n(C)c2cc(S(=O)(=O)N(CC(N)=O)c3cccc(Cl)c3)ccc21. The molecule has 0 unspecified atom stereocenters. The predicted molar refractivity (Wildman–Crippen MR) is 103 cm³/mol. The number of anilines is 1. The molecule has 3 rings (SSSR count). The van der Waals surface area contributed by atoms with E-state index in [4.69, 9.17) is 17.3 Å². The van der Waals surface area contributed by atoms with Crippen LogP contribution in [0.15, 0.2) is 52.2 Å². The van der Waals surface area contributed by atoms with E-state index < -0.39 is 22.5 Å². The summed E-state index contributed by atoms with van der Waals surface area (Å²) in [5.41, 5.74) is 6.23. The van der Waals surface area contributed by atoms with Gasteiger partial charge in [0.15, 0.2) is 0 Å². The summed E-state index contributed by atoms with van der Waals surface area (Å²) >= 11 is 5.96. The number of hydrogen-bond acceptors (Lipinski definition) is 4. The van der Waals surface area contributed by atoms with Crippen molar-refractivity contribution in [1.29, 1.82) is 0 Å². The lowest BCUT2D eigenvalue weighted by Crippen LogP contribution is -2.38. The summed E-state index contributed by atoms with van der Waals surface area (Å²) in [5, 5.41) is 0.318. The minimum Gasteiger partial charge on any atom is -0.368 e. The van der Waals surface area contributed by atoms with Crippen molar-refractivity contribution >= 4 is 44.3 Å². The lowest BCUT2D eigenvalue weighted by molar-refractivity contribution is -0.116. The van der Waals surface area contributed by atoms with Gasteiger partial charge in [-0.15, -0.1) is 0 Å². The number of aromatic nitrogens is 2. The topological polar surface area (TPSA) is 107 Å². The second-order valence-electron chi connectivity index (χ2n) is 6.01. The van der Waals surface area contributed by atoms with Crippen molar-refractivity contribution in [2.45, 2.75) is 4.90 Å². The van der Waals surface area contributed by atoms with Crippen molar-refractivity contribution in [3.05, 3.63) is 58.0 Å². The Balaban J connectivity index is 2.20. The largest absolute Gasteiger partial charge is 0.368 e. The first-order valence-electron chi connectivity index (χ1n) is 7.85. The Morgan fingerprint density at radius 1 is 1.11 bits per heavy atom. The standard InChI is InChI=1S/C17H17ClN4O4S/c1-20-14-7-6-13(9-15(14)21(2)17(20)24)27(25,26)22(10-16(19)23)12-5-3-4-11(18)8-12/h3-9H,10H2,1-2H3,(H2,19,23). The molecule has 10 heteroatoms. The van der Waals surface area contributed by atoms with Crippen LogP contribution in [0.25, 0.3) is 11.0 Å². The van der Waals surface area contributed by atoms with Gasteiger partial charge in [-0.25, -0.2) is 13.2 Å². The zero-order chi connectivity index (χ0) is 19.9. The van der Waals surface area contributed by atoms with Crippen LogP contribution in [0.5, 0.6) is 0 Å². The van der Waals surface area contributed by atoms with Gasteiger partial charge in [0.2, 0.25) is 5.91 Å². The van der Waals surface area contributed by atoms with Gasteiger partial charge in [-0.1, -0.05) is 17.7 Å². The molecule has 0 bridgehead atoms. The molecule has 1 aromatic heterocycles. The lowest BCUT2D eigenvalue weighted by Gasteiger charge is -2.23. The molecule has 2 aromatic carbocycles. The fraction of sp³-hybridized carbons (Fsp3) is 0.176. The van der Waals surface area contributed by atoms with Crippen LogP contribution in [0.4, 0.5) is 5.69 Å². The summed E-state index contributed by atoms with van der Waals surface area (Å²) in [5.74, 6) is -0.813. The Hall–Kier alpha value is -2.78. The van der Waals surface area contributed by atoms with Crippen LogP contribution in [0.1, 0.15) is 0 Å². The molecule has 0 atom stereocenters. The Morgan fingerprint density at radius 2 is 1.78 bits per heavy atom. The van der Waals surface area contributed by atoms with Crippen LogP contribution < -0.4 is 15.7 Å². The van der Waals surface area contributed by atoms with Crippen LogP contribution in [0, 0.1) is 0 Å². The van der Waals surface area contributed by atoms with Crippen molar-refractivity contribution < 1.29 is 13.2 Å². The van der Waals surface area contributed by atoms with Crippen LogP contribution in [-0.4, -0.2) is 30.0 Å². The number of hydrogen-bond donors (Lipinski definition) is 1. The number of amides is 1. The van der Waals surface area contributed by atoms with E-state index in [0.29, 0.717) is 16.1 Å². The molecule has 1 heterocycles. The van der Waals surface area contributed by atoms with Gasteiger partial charge in [0.05, 0.1) is 21.6 Å². The molecule has 1 amide bonds. The first kappa shape index (κ1) is 19.0. The first-order chi connectivity index (χ1) is 12.6. The molecule has 0 saturated heterocycles. The predicted octanol–water partition coefficient (Wildman–Crippen LogP) is 1.21. The third kappa shape index (κ3) is 3.31. The highest BCUT2D eigenvalue weighted by atomic mass is 35.5. The first-order valence-corrected chi connectivity index (χ1v) is 9.67. The highest BCUT2D eigenvalue weighted by molar-refractivity contribution is 7.92. The Kier molecular flexibility index (Phi) is 4.75. The van der Waals surface area contributed by atoms with Crippen LogP contribution in [0.3, 0.4) is 0 Å². The van der Waals surface area contributed by atoms with Crippen molar-refractivity contribution in [3.63, 3.8) is 0 Å². The number of nitrogens with two attached hydrogens (primary N) is 1. The normalized spacial score (nSPS) is 11.7. The maximum Gasteiger partial charge on any atom is 0.328 e. The fourth-order valence-electron chi connectivity index (χ4n) is 2.86. The second kappa shape index (κ2) is 6.75. The average Bonchev–Trinajstić information content (AvgIpc) is 2.83. The van der Waals surface area contributed by atoms with E-state index in [9.17, 15) is 18.0 Å². The zero-order valence-corrected chi connectivity index (χ0v) is 16.2. The smallest absolute Gasteiger partial charge is 0.328 e. The molecular formula is C17H17ClN4O4S. The van der Waals surface area contributed by atoms with E-state index in [0.717, 1.165) is 4.31 Å². The molecular weight excluding hydrogens is 392 g/mol. The highest BCUT2D eigenvalue weighted by Crippen LogP contribution is 2.27. The van der Waals surface area contributed by atoms with Gasteiger partial charge < -0.3 is 5.73 Å². The third-order valence-electron chi connectivity index (χ3n) is 4.23. The Morgan fingerprint density at radius 3 is 2.41 bits per heavy atom. The molecule has 0 saturated carbocycles. The van der Waals surface area contributed by atoms with E-state index in [1.807, 2.05) is 0 Å². The number of fused-ring (bicyclic) bond motifs is 1. The second-order valence-corrected chi connectivity index (χ2v) is 8.31. The van der Waals surface area contributed by atoms with Crippen molar-refractivity contribution in [1.82, 2.24) is 9.13 Å². The van der Waals surface area contributed by atoms with Gasteiger partial charge in [0, 0.05) is 19.1 Å². The minimum absolute atomic E-state index is 0.0718.